The summed E-state index contributed by atoms with van der Waals surface area (Å²) < 4.78 is 11.9. The molecule has 6 nitrogen and oxygen atoms in total. The van der Waals surface area contributed by atoms with Gasteiger partial charge in [-0.25, -0.2) is 9.78 Å². The topological polar surface area (TPSA) is 54.9 Å². The molecule has 1 aromatic heterocycles. The number of benzene rings is 2. The Morgan fingerprint density at radius 2 is 1.76 bits per heavy atom. The van der Waals surface area contributed by atoms with Crippen molar-refractivity contribution >= 4 is 17.4 Å². The Kier molecular flexibility index (Phi) is 6.08. The van der Waals surface area contributed by atoms with Gasteiger partial charge in [0.2, 0.25) is 0 Å². The zero-order valence-electron chi connectivity index (χ0n) is 20.0. The zero-order valence-corrected chi connectivity index (χ0v) is 20.8. The molecule has 0 bridgehead atoms. The molecule has 0 aliphatic carbocycles. The van der Waals surface area contributed by atoms with Gasteiger partial charge in [0.1, 0.15) is 16.9 Å². The number of rotatable bonds is 6. The quantitative estimate of drug-likeness (QED) is 0.478. The molecule has 2 saturated heterocycles. The van der Waals surface area contributed by atoms with Crippen LogP contribution in [0.2, 0.25) is 0 Å². The molecule has 178 valence electrons. The van der Waals surface area contributed by atoms with E-state index in [-0.39, 0.29) is 6.09 Å². The molecule has 2 aliphatic heterocycles. The first kappa shape index (κ1) is 22.9. The van der Waals surface area contributed by atoms with Gasteiger partial charge >= 0.3 is 6.09 Å². The van der Waals surface area contributed by atoms with Crippen LogP contribution in [0.1, 0.15) is 41.6 Å². The van der Waals surface area contributed by atoms with Gasteiger partial charge in [-0.3, -0.25) is 9.80 Å². The first-order chi connectivity index (χ1) is 16.4. The molecule has 2 aromatic carbocycles. The van der Waals surface area contributed by atoms with Gasteiger partial charge in [-0.2, -0.15) is 0 Å². The minimum atomic E-state index is -0.590. The summed E-state index contributed by atoms with van der Waals surface area (Å²) in [7, 11) is 1.71. The lowest BCUT2D eigenvalue weighted by atomic mass is 9.70. The second-order valence-electron chi connectivity index (χ2n) is 9.33. The third kappa shape index (κ3) is 3.87. The molecule has 1 amide bonds. The fourth-order valence-electron chi connectivity index (χ4n) is 5.53. The molecule has 3 aromatic rings. The van der Waals surface area contributed by atoms with Crippen LogP contribution in [0.15, 0.2) is 60.0 Å². The molecule has 1 spiro atoms. The smallest absolute Gasteiger partial charge is 0.411 e. The largest absolute Gasteiger partial charge is 0.496 e. The number of likely N-dealkylation sites (tertiary alicyclic amines) is 1. The molecule has 5 rings (SSSR count). The van der Waals surface area contributed by atoms with E-state index in [1.165, 1.54) is 5.56 Å². The molecule has 3 heterocycles. The Bertz CT molecular complexity index is 1160. The normalized spacial score (nSPS) is 22.2. The van der Waals surface area contributed by atoms with Gasteiger partial charge in [0.15, 0.2) is 0 Å². The molecule has 7 heteroatoms. The maximum atomic E-state index is 13.4. The number of aryl methyl sites for hydroxylation is 1. The fourth-order valence-corrected chi connectivity index (χ4v) is 6.14. The summed E-state index contributed by atoms with van der Waals surface area (Å²) in [6.07, 6.45) is 1.28. The Balaban J connectivity index is 1.43. The summed E-state index contributed by atoms with van der Waals surface area (Å²) in [6.45, 7) is 7.11. The van der Waals surface area contributed by atoms with E-state index >= 15 is 0 Å². The second kappa shape index (κ2) is 9.04. The summed E-state index contributed by atoms with van der Waals surface area (Å²) in [5, 5.41) is 3.04. The van der Waals surface area contributed by atoms with Crippen LogP contribution in [-0.2, 0) is 23.4 Å². The van der Waals surface area contributed by atoms with Crippen LogP contribution in [0, 0.1) is 6.92 Å². The number of methoxy groups -OCH3 is 1. The van der Waals surface area contributed by atoms with Gasteiger partial charge < -0.3 is 9.47 Å². The molecule has 2 fully saturated rings. The predicted octanol–water partition coefficient (Wildman–Crippen LogP) is 5.36. The van der Waals surface area contributed by atoms with E-state index in [1.807, 2.05) is 53.6 Å². The summed E-state index contributed by atoms with van der Waals surface area (Å²) in [6, 6.07) is 18.5. The fraction of sp³-hybridized carbons (Fsp3) is 0.407. The summed E-state index contributed by atoms with van der Waals surface area (Å²) in [5.74, 6) is 0.911. The molecule has 0 N–H and O–H groups in total. The highest BCUT2D eigenvalue weighted by molar-refractivity contribution is 7.09. The Labute approximate surface area is 205 Å². The molecule has 0 saturated carbocycles. The number of ether oxygens (including phenoxy) is 2. The van der Waals surface area contributed by atoms with Crippen LogP contribution in [0.5, 0.6) is 5.75 Å². The van der Waals surface area contributed by atoms with Crippen LogP contribution >= 0.6 is 11.3 Å². The monoisotopic (exact) mass is 477 g/mol. The highest BCUT2D eigenvalue weighted by Crippen LogP contribution is 2.52. The van der Waals surface area contributed by atoms with E-state index in [4.69, 9.17) is 9.47 Å². The molecule has 2 aliphatic rings. The van der Waals surface area contributed by atoms with Gasteiger partial charge in [-0.15, -0.1) is 11.3 Å². The van der Waals surface area contributed by atoms with Crippen LogP contribution in [0.4, 0.5) is 4.79 Å². The molecular formula is C27H31N3O3S. The number of carbonyl (C=O) groups excluding carboxylic acids is 1. The average Bonchev–Trinajstić information content (AvgIpc) is 3.36. The number of aromatic nitrogens is 1. The van der Waals surface area contributed by atoms with Crippen LogP contribution in [0.25, 0.3) is 0 Å². The molecular weight excluding hydrogens is 446 g/mol. The van der Waals surface area contributed by atoms with Gasteiger partial charge in [-0.1, -0.05) is 48.5 Å². The number of carbonyl (C=O) groups is 1. The number of hydrogen-bond donors (Lipinski definition) is 0. The van der Waals surface area contributed by atoms with Crippen molar-refractivity contribution in [3.05, 3.63) is 81.8 Å². The highest BCUT2D eigenvalue weighted by Gasteiger charge is 2.63. The van der Waals surface area contributed by atoms with Crippen LogP contribution < -0.4 is 4.74 Å². The van der Waals surface area contributed by atoms with Crippen molar-refractivity contribution < 1.29 is 14.3 Å². The Hall–Kier alpha value is -2.90. The van der Waals surface area contributed by atoms with E-state index in [9.17, 15) is 4.79 Å². The minimum absolute atomic E-state index is 0.254. The molecule has 34 heavy (non-hydrogen) atoms. The Morgan fingerprint density at radius 1 is 1.06 bits per heavy atom. The van der Waals surface area contributed by atoms with Crippen LogP contribution in [0.3, 0.4) is 0 Å². The SMILES string of the molecule is COc1ccccc1CN1CCC2(CC1)OC(=O)N(Cc1csc(C)n1)C2(C)c1ccccc1. The van der Waals surface area contributed by atoms with Gasteiger partial charge in [0.05, 0.1) is 24.4 Å². The molecule has 0 radical (unpaired) electrons. The highest BCUT2D eigenvalue weighted by atomic mass is 32.1. The summed E-state index contributed by atoms with van der Waals surface area (Å²) in [4.78, 5) is 22.3. The van der Waals surface area contributed by atoms with Crippen LogP contribution in [-0.4, -0.2) is 46.7 Å². The van der Waals surface area contributed by atoms with Gasteiger partial charge in [0.25, 0.3) is 0 Å². The number of piperidine rings is 1. The van der Waals surface area contributed by atoms with Crippen molar-refractivity contribution in [2.75, 3.05) is 20.2 Å². The van der Waals surface area contributed by atoms with E-state index in [2.05, 4.69) is 35.0 Å². The first-order valence-corrected chi connectivity index (χ1v) is 12.6. The lowest BCUT2D eigenvalue weighted by Crippen LogP contribution is -2.58. The number of amides is 1. The van der Waals surface area contributed by atoms with Crippen molar-refractivity contribution in [1.29, 1.82) is 0 Å². The predicted molar refractivity (Wildman–Crippen MR) is 133 cm³/mol. The average molecular weight is 478 g/mol. The molecule has 1 atom stereocenters. The summed E-state index contributed by atoms with van der Waals surface area (Å²) >= 11 is 1.61. The lowest BCUT2D eigenvalue weighted by molar-refractivity contribution is -0.0615. The molecule has 1 unspecified atom stereocenters. The maximum absolute atomic E-state index is 13.4. The van der Waals surface area contributed by atoms with Crippen molar-refractivity contribution in [1.82, 2.24) is 14.8 Å². The number of hydrogen-bond acceptors (Lipinski definition) is 6. The van der Waals surface area contributed by atoms with E-state index < -0.39 is 11.1 Å². The Morgan fingerprint density at radius 3 is 2.44 bits per heavy atom. The maximum Gasteiger partial charge on any atom is 0.411 e. The number of para-hydroxylation sites is 1. The van der Waals surface area contributed by atoms with E-state index in [0.29, 0.717) is 6.54 Å². The van der Waals surface area contributed by atoms with Gasteiger partial charge in [-0.05, 0) is 25.5 Å². The zero-order chi connectivity index (χ0) is 23.8. The van der Waals surface area contributed by atoms with Crippen molar-refractivity contribution in [2.24, 2.45) is 0 Å². The first-order valence-electron chi connectivity index (χ1n) is 11.8. The minimum Gasteiger partial charge on any atom is -0.496 e. The third-order valence-electron chi connectivity index (χ3n) is 7.50. The van der Waals surface area contributed by atoms with Gasteiger partial charge in [0, 0.05) is 43.4 Å². The lowest BCUT2D eigenvalue weighted by Gasteiger charge is -2.48. The van der Waals surface area contributed by atoms with Crippen molar-refractivity contribution in [3.8, 4) is 5.75 Å². The van der Waals surface area contributed by atoms with Crippen molar-refractivity contribution in [2.45, 2.75) is 50.9 Å². The van der Waals surface area contributed by atoms with Crippen molar-refractivity contribution in [3.63, 3.8) is 0 Å². The summed E-state index contributed by atoms with van der Waals surface area (Å²) in [5.41, 5.74) is 2.02. The number of thiazole rings is 1. The number of nitrogens with zero attached hydrogens (tertiary/aromatic N) is 3. The van der Waals surface area contributed by atoms with E-state index in [1.54, 1.807) is 18.4 Å². The second-order valence-corrected chi connectivity index (χ2v) is 10.4. The van der Waals surface area contributed by atoms with E-state index in [0.717, 1.165) is 54.5 Å². The third-order valence-corrected chi connectivity index (χ3v) is 8.33. The standard InChI is InChI=1S/C27H31N3O3S/c1-20-28-23(19-34-20)18-30-25(31)33-27(26(30,2)22-10-5-4-6-11-22)13-15-29(16-14-27)17-21-9-7-8-12-24(21)32-3/h4-12,19H,13-18H2,1-3H3.